The third-order valence-electron chi connectivity index (χ3n) is 4.13. The molecule has 1 heterocycles. The van der Waals surface area contributed by atoms with Crippen molar-refractivity contribution in [3.63, 3.8) is 0 Å². The molecule has 6 nitrogen and oxygen atoms in total. The molecule has 7 heteroatoms. The topological polar surface area (TPSA) is 86.7 Å². The van der Waals surface area contributed by atoms with Crippen molar-refractivity contribution in [2.45, 2.75) is 83.8 Å². The zero-order valence-electron chi connectivity index (χ0n) is 15.2. The van der Waals surface area contributed by atoms with Crippen LogP contribution in [0.25, 0.3) is 0 Å². The van der Waals surface area contributed by atoms with E-state index in [1.54, 1.807) is 0 Å². The molecule has 1 aliphatic heterocycles. The Labute approximate surface area is 166 Å². The summed E-state index contributed by atoms with van der Waals surface area (Å²) in [4.78, 5) is 36.5. The van der Waals surface area contributed by atoms with Crippen LogP contribution in [-0.2, 0) is 19.1 Å². The van der Waals surface area contributed by atoms with Crippen LogP contribution in [0.1, 0.15) is 71.6 Å². The summed E-state index contributed by atoms with van der Waals surface area (Å²) in [6.45, 7) is 4.25. The maximum atomic E-state index is 12.2. The molecule has 0 aromatic carbocycles. The van der Waals surface area contributed by atoms with Gasteiger partial charge in [0.05, 0.1) is 18.6 Å². The molecule has 0 spiro atoms. The number of hydrogen-bond acceptors (Lipinski definition) is 5. The van der Waals surface area contributed by atoms with E-state index in [-0.39, 0.29) is 54.4 Å². The minimum absolute atomic E-state index is 0. The van der Waals surface area contributed by atoms with Crippen LogP contribution in [-0.4, -0.2) is 41.4 Å². The van der Waals surface area contributed by atoms with E-state index in [1.165, 1.54) is 4.90 Å². The van der Waals surface area contributed by atoms with Gasteiger partial charge in [0.15, 0.2) is 0 Å². The van der Waals surface area contributed by atoms with Crippen LogP contribution in [0, 0.1) is 0 Å². The fraction of sp³-hybridized carbons (Fsp3) is 0.824. The van der Waals surface area contributed by atoms with Crippen LogP contribution in [0.5, 0.6) is 0 Å². The SMILES string of the molecule is CCCCCC(=O)O[C@H]1C[C@@H](C(=O)[O-])N(C(=O)CCCCC)C1.[Na+]. The van der Waals surface area contributed by atoms with Crippen LogP contribution in [0.15, 0.2) is 0 Å². The molecule has 1 saturated heterocycles. The third kappa shape index (κ3) is 7.99. The molecule has 1 fully saturated rings. The number of unbranched alkanes of at least 4 members (excludes halogenated alkanes) is 4. The summed E-state index contributed by atoms with van der Waals surface area (Å²) < 4.78 is 5.32. The molecule has 1 amide bonds. The first-order chi connectivity index (χ1) is 11.0. The van der Waals surface area contributed by atoms with E-state index in [2.05, 4.69) is 6.92 Å². The molecule has 0 aromatic rings. The molecule has 0 radical (unpaired) electrons. The monoisotopic (exact) mass is 349 g/mol. The average molecular weight is 349 g/mol. The Kier molecular flexibility index (Phi) is 12.4. The van der Waals surface area contributed by atoms with E-state index in [9.17, 15) is 19.5 Å². The molecule has 0 aromatic heterocycles. The Morgan fingerprint density at radius 1 is 1.04 bits per heavy atom. The first kappa shape index (κ1) is 23.4. The first-order valence-corrected chi connectivity index (χ1v) is 8.69. The Hall–Kier alpha value is -0.590. The van der Waals surface area contributed by atoms with Gasteiger partial charge in [-0.25, -0.2) is 0 Å². The number of esters is 1. The van der Waals surface area contributed by atoms with Gasteiger partial charge in [-0.15, -0.1) is 0 Å². The predicted molar refractivity (Wildman–Crippen MR) is 83.3 cm³/mol. The normalized spacial score (nSPS) is 19.7. The minimum atomic E-state index is -1.28. The van der Waals surface area contributed by atoms with Crippen molar-refractivity contribution < 1.29 is 53.8 Å². The van der Waals surface area contributed by atoms with Crippen molar-refractivity contribution in [3.8, 4) is 0 Å². The number of carbonyl (C=O) groups is 3. The van der Waals surface area contributed by atoms with Gasteiger partial charge in [0.1, 0.15) is 6.10 Å². The van der Waals surface area contributed by atoms with Crippen molar-refractivity contribution in [2.24, 2.45) is 0 Å². The molecule has 132 valence electrons. The van der Waals surface area contributed by atoms with Gasteiger partial charge in [0.2, 0.25) is 5.91 Å². The Balaban J connectivity index is 0.00000529. The van der Waals surface area contributed by atoms with Crippen LogP contribution in [0.4, 0.5) is 0 Å². The van der Waals surface area contributed by atoms with Crippen LogP contribution < -0.4 is 34.7 Å². The molecule has 0 aliphatic carbocycles. The van der Waals surface area contributed by atoms with Crippen LogP contribution in [0.3, 0.4) is 0 Å². The van der Waals surface area contributed by atoms with Gasteiger partial charge in [-0.2, -0.15) is 0 Å². The third-order valence-corrected chi connectivity index (χ3v) is 4.13. The summed E-state index contributed by atoms with van der Waals surface area (Å²) in [7, 11) is 0. The minimum Gasteiger partial charge on any atom is -0.548 e. The fourth-order valence-electron chi connectivity index (χ4n) is 2.82. The molecule has 24 heavy (non-hydrogen) atoms. The van der Waals surface area contributed by atoms with Gasteiger partial charge in [0.25, 0.3) is 0 Å². The number of hydrogen-bond donors (Lipinski definition) is 0. The van der Waals surface area contributed by atoms with Gasteiger partial charge in [0, 0.05) is 19.3 Å². The number of nitrogens with zero attached hydrogens (tertiary/aromatic N) is 1. The molecule has 1 rings (SSSR count). The number of rotatable bonds is 10. The van der Waals surface area contributed by atoms with Gasteiger partial charge >= 0.3 is 35.5 Å². The summed E-state index contributed by atoms with van der Waals surface area (Å²) >= 11 is 0. The van der Waals surface area contributed by atoms with Crippen molar-refractivity contribution in [1.82, 2.24) is 4.90 Å². The second kappa shape index (κ2) is 12.7. The summed E-state index contributed by atoms with van der Waals surface area (Å²) in [5.41, 5.74) is 0. The average Bonchev–Trinajstić information content (AvgIpc) is 2.92. The van der Waals surface area contributed by atoms with E-state index in [0.29, 0.717) is 12.8 Å². The maximum absolute atomic E-state index is 12.2. The molecule has 0 bridgehead atoms. The second-order valence-corrected chi connectivity index (χ2v) is 6.14. The van der Waals surface area contributed by atoms with E-state index in [0.717, 1.165) is 38.5 Å². The number of carboxylic acids is 1. The summed E-state index contributed by atoms with van der Waals surface area (Å²) in [6.07, 6.45) is 5.68. The van der Waals surface area contributed by atoms with Crippen LogP contribution in [0.2, 0.25) is 0 Å². The zero-order chi connectivity index (χ0) is 17.2. The van der Waals surface area contributed by atoms with Crippen molar-refractivity contribution in [1.29, 1.82) is 0 Å². The molecule has 0 N–H and O–H groups in total. The molecule has 2 atom stereocenters. The number of amides is 1. The molecule has 0 unspecified atom stereocenters. The Morgan fingerprint density at radius 3 is 2.17 bits per heavy atom. The Morgan fingerprint density at radius 2 is 1.62 bits per heavy atom. The zero-order valence-corrected chi connectivity index (χ0v) is 17.2. The quantitative estimate of drug-likeness (QED) is 0.270. The maximum Gasteiger partial charge on any atom is 1.00 e. The van der Waals surface area contributed by atoms with Crippen molar-refractivity contribution in [2.75, 3.05) is 6.54 Å². The standard InChI is InChI=1S/C17H29NO5.Na/c1-3-5-7-9-15(19)18-12-13(11-14(18)17(21)22)23-16(20)10-8-6-4-2;/h13-14H,3-12H2,1-2H3,(H,21,22);/q;+1/p-1/t13-,14-;/m0./s1. The molecular weight excluding hydrogens is 321 g/mol. The number of carboxylic acid groups (broad SMARTS) is 1. The number of ether oxygens (including phenoxy) is 1. The van der Waals surface area contributed by atoms with E-state index in [1.807, 2.05) is 6.92 Å². The summed E-state index contributed by atoms with van der Waals surface area (Å²) in [5.74, 6) is -1.80. The fourth-order valence-corrected chi connectivity index (χ4v) is 2.82. The molecule has 1 aliphatic rings. The smallest absolute Gasteiger partial charge is 0.548 e. The van der Waals surface area contributed by atoms with Gasteiger partial charge in [-0.05, 0) is 12.8 Å². The van der Waals surface area contributed by atoms with Gasteiger partial charge in [-0.3, -0.25) is 9.59 Å². The molecule has 0 saturated carbocycles. The van der Waals surface area contributed by atoms with E-state index in [4.69, 9.17) is 4.74 Å². The number of likely N-dealkylation sites (tertiary alicyclic amines) is 1. The van der Waals surface area contributed by atoms with Gasteiger partial charge in [-0.1, -0.05) is 39.5 Å². The summed E-state index contributed by atoms with van der Waals surface area (Å²) in [5, 5.41) is 11.2. The molecular formula is C17H28NNaO5. The van der Waals surface area contributed by atoms with Crippen LogP contribution >= 0.6 is 0 Å². The first-order valence-electron chi connectivity index (χ1n) is 8.69. The van der Waals surface area contributed by atoms with E-state index < -0.39 is 18.1 Å². The Bertz CT molecular complexity index is 416. The van der Waals surface area contributed by atoms with Crippen molar-refractivity contribution >= 4 is 17.8 Å². The van der Waals surface area contributed by atoms with E-state index >= 15 is 0 Å². The largest absolute Gasteiger partial charge is 1.00 e. The van der Waals surface area contributed by atoms with Crippen molar-refractivity contribution in [3.05, 3.63) is 0 Å². The number of carbonyl (C=O) groups excluding carboxylic acids is 3. The summed E-state index contributed by atoms with van der Waals surface area (Å²) in [6, 6.07) is -0.988. The second-order valence-electron chi connectivity index (χ2n) is 6.14. The van der Waals surface area contributed by atoms with Gasteiger partial charge < -0.3 is 19.5 Å². The predicted octanol–water partition coefficient (Wildman–Crippen LogP) is -1.59. The number of aliphatic carboxylic acids is 1.